The van der Waals surface area contributed by atoms with Crippen LogP contribution in [0.25, 0.3) is 11.4 Å². The molecule has 1 aliphatic carbocycles. The molecule has 0 fully saturated rings. The summed E-state index contributed by atoms with van der Waals surface area (Å²) in [5.74, 6) is -3.15. The molecule has 0 saturated heterocycles. The maximum Gasteiger partial charge on any atom is 0.204 e. The minimum atomic E-state index is -1.68. The lowest BCUT2D eigenvalue weighted by Gasteiger charge is -2.29. The first-order valence-corrected chi connectivity index (χ1v) is 11.6. The third-order valence-electron chi connectivity index (χ3n) is 6.98. The molecule has 0 bridgehead atoms. The molecule has 13 heteroatoms. The van der Waals surface area contributed by atoms with Crippen LogP contribution in [0.1, 0.15) is 42.3 Å². The fourth-order valence-electron chi connectivity index (χ4n) is 4.90. The first-order chi connectivity index (χ1) is 18.4. The molecule has 200 valence electrons. The number of anilines is 1. The number of nitrogens with one attached hydrogen (secondary N) is 2. The predicted molar refractivity (Wildman–Crippen MR) is 135 cm³/mol. The van der Waals surface area contributed by atoms with Crippen LogP contribution in [0.3, 0.4) is 0 Å². The number of carbonyl (C=O) groups is 3. The number of allylic oxidation sites excluding steroid dienone is 4. The third-order valence-corrected chi connectivity index (χ3v) is 6.98. The number of benzene rings is 2. The first kappa shape index (κ1) is 25.4. The Kier molecular flexibility index (Phi) is 5.67. The molecule has 2 aliphatic rings. The van der Waals surface area contributed by atoms with Crippen LogP contribution < -0.4 is 14.8 Å². The number of fused-ring (bicyclic) bond motifs is 3. The summed E-state index contributed by atoms with van der Waals surface area (Å²) < 4.78 is 11.0. The molecule has 13 nitrogen and oxygen atoms in total. The number of Topliss-reactive ketones (excluding diaryl/α,β-unsaturated/α-hetero) is 2. The molecular formula is C26H23N5O8. The van der Waals surface area contributed by atoms with Crippen molar-refractivity contribution in [3.63, 3.8) is 0 Å². The summed E-state index contributed by atoms with van der Waals surface area (Å²) in [6, 6.07) is 2.97. The van der Waals surface area contributed by atoms with Crippen LogP contribution in [0.15, 0.2) is 35.2 Å². The van der Waals surface area contributed by atoms with Gasteiger partial charge in [-0.15, -0.1) is 10.2 Å². The number of nitrogens with zero attached hydrogens (tertiary/aromatic N) is 3. The molecule has 0 unspecified atom stereocenters. The van der Waals surface area contributed by atoms with E-state index in [1.165, 1.54) is 46.9 Å². The highest BCUT2D eigenvalue weighted by Crippen LogP contribution is 2.57. The topological polar surface area (TPSA) is 197 Å². The molecule has 2 aromatic carbocycles. The number of aromatic nitrogens is 4. The van der Waals surface area contributed by atoms with Crippen LogP contribution in [0.2, 0.25) is 0 Å². The molecule has 0 radical (unpaired) electrons. The zero-order valence-electron chi connectivity index (χ0n) is 21.5. The fourth-order valence-corrected chi connectivity index (χ4v) is 4.90. The quantitative estimate of drug-likeness (QED) is 0.139. The fraction of sp³-hybridized carbons (Fsp3) is 0.231. The van der Waals surface area contributed by atoms with Crippen molar-refractivity contribution in [2.75, 3.05) is 12.4 Å². The Morgan fingerprint density at radius 1 is 1.13 bits per heavy atom. The van der Waals surface area contributed by atoms with Crippen molar-refractivity contribution in [2.45, 2.75) is 33.1 Å². The molecule has 5 N–H and O–H groups in total. The first-order valence-electron chi connectivity index (χ1n) is 11.6. The van der Waals surface area contributed by atoms with Gasteiger partial charge in [-0.3, -0.25) is 14.4 Å². The van der Waals surface area contributed by atoms with Crippen molar-refractivity contribution in [1.82, 2.24) is 20.6 Å². The number of rotatable bonds is 5. The van der Waals surface area contributed by atoms with E-state index in [0.717, 1.165) is 6.08 Å². The lowest BCUT2D eigenvalue weighted by atomic mass is 9.70. The van der Waals surface area contributed by atoms with Gasteiger partial charge in [0.2, 0.25) is 5.82 Å². The number of ether oxygens (including phenoxy) is 2. The minimum Gasteiger partial charge on any atom is -0.507 e. The summed E-state index contributed by atoms with van der Waals surface area (Å²) in [4.78, 5) is 39.6. The average molecular weight is 533 g/mol. The molecule has 1 aromatic heterocycles. The predicted octanol–water partition coefficient (Wildman–Crippen LogP) is 2.58. The van der Waals surface area contributed by atoms with Gasteiger partial charge in [-0.25, -0.2) is 0 Å². The van der Waals surface area contributed by atoms with Crippen LogP contribution in [0, 0.1) is 6.92 Å². The van der Waals surface area contributed by atoms with Crippen LogP contribution in [0.4, 0.5) is 5.69 Å². The molecule has 2 heterocycles. The van der Waals surface area contributed by atoms with Gasteiger partial charge >= 0.3 is 0 Å². The molecular weight excluding hydrogens is 510 g/mol. The average Bonchev–Trinajstić information content (AvgIpc) is 3.51. The van der Waals surface area contributed by atoms with Crippen molar-refractivity contribution in [2.24, 2.45) is 0 Å². The Labute approximate surface area is 220 Å². The minimum absolute atomic E-state index is 0.00889. The van der Waals surface area contributed by atoms with Crippen molar-refractivity contribution in [3.8, 4) is 40.1 Å². The highest BCUT2D eigenvalue weighted by molar-refractivity contribution is 6.31. The van der Waals surface area contributed by atoms with Crippen LogP contribution >= 0.6 is 0 Å². The van der Waals surface area contributed by atoms with Crippen LogP contribution in [-0.4, -0.2) is 60.4 Å². The van der Waals surface area contributed by atoms with E-state index >= 15 is 0 Å². The second-order valence-electron chi connectivity index (χ2n) is 9.32. The number of aromatic amines is 1. The number of phenolic OH excluding ortho intramolecular Hbond substituents is 3. The van der Waals surface area contributed by atoms with E-state index in [2.05, 4.69) is 25.9 Å². The van der Waals surface area contributed by atoms with E-state index in [9.17, 15) is 29.7 Å². The van der Waals surface area contributed by atoms with Gasteiger partial charge in [-0.1, -0.05) is 0 Å². The molecule has 3 aromatic rings. The van der Waals surface area contributed by atoms with Crippen molar-refractivity contribution in [3.05, 3.63) is 51.9 Å². The van der Waals surface area contributed by atoms with Gasteiger partial charge in [-0.2, -0.15) is 5.21 Å². The molecule has 1 aliphatic heterocycles. The number of ketones is 3. The molecule has 39 heavy (non-hydrogen) atoms. The van der Waals surface area contributed by atoms with Crippen molar-refractivity contribution in [1.29, 1.82) is 0 Å². The number of methoxy groups -OCH3 is 1. The van der Waals surface area contributed by atoms with Crippen LogP contribution in [0.5, 0.6) is 28.7 Å². The normalized spacial score (nSPS) is 19.2. The van der Waals surface area contributed by atoms with Gasteiger partial charge in [0.1, 0.15) is 34.0 Å². The number of hydrogen-bond acceptors (Lipinski definition) is 12. The number of tetrazole rings is 1. The monoisotopic (exact) mass is 533 g/mol. The van der Waals surface area contributed by atoms with Crippen LogP contribution in [-0.2, 0) is 15.0 Å². The van der Waals surface area contributed by atoms with Gasteiger partial charge in [0.25, 0.3) is 0 Å². The highest BCUT2D eigenvalue weighted by atomic mass is 16.5. The Balaban J connectivity index is 1.65. The van der Waals surface area contributed by atoms with Gasteiger partial charge < -0.3 is 30.1 Å². The smallest absolute Gasteiger partial charge is 0.204 e. The number of phenols is 3. The molecule has 5 rings (SSSR count). The van der Waals surface area contributed by atoms with Crippen molar-refractivity contribution >= 4 is 23.0 Å². The highest BCUT2D eigenvalue weighted by Gasteiger charge is 2.56. The van der Waals surface area contributed by atoms with E-state index in [0.29, 0.717) is 5.56 Å². The Hall–Kier alpha value is -5.20. The molecule has 0 amide bonds. The zero-order chi connectivity index (χ0) is 28.4. The second-order valence-corrected chi connectivity index (χ2v) is 9.32. The number of hydrogen-bond donors (Lipinski definition) is 5. The maximum atomic E-state index is 14.0. The lowest BCUT2D eigenvalue weighted by molar-refractivity contribution is -0.123. The number of H-pyrrole nitrogens is 1. The lowest BCUT2D eigenvalue weighted by Crippen LogP contribution is -2.40. The number of aromatic hydroxyl groups is 3. The molecule has 0 spiro atoms. The Bertz CT molecular complexity index is 1670. The van der Waals surface area contributed by atoms with E-state index < -0.39 is 34.3 Å². The maximum absolute atomic E-state index is 14.0. The van der Waals surface area contributed by atoms with Gasteiger partial charge in [0.05, 0.1) is 23.9 Å². The van der Waals surface area contributed by atoms with E-state index in [-0.39, 0.29) is 62.5 Å². The summed E-state index contributed by atoms with van der Waals surface area (Å²) >= 11 is 0. The summed E-state index contributed by atoms with van der Waals surface area (Å²) in [5, 5.41) is 48.8. The third kappa shape index (κ3) is 3.54. The van der Waals surface area contributed by atoms with Crippen molar-refractivity contribution < 1.29 is 39.2 Å². The molecule has 1 atom stereocenters. The Morgan fingerprint density at radius 3 is 2.46 bits per heavy atom. The zero-order valence-corrected chi connectivity index (χ0v) is 21.5. The Morgan fingerprint density at radius 2 is 1.85 bits per heavy atom. The summed E-state index contributed by atoms with van der Waals surface area (Å²) in [6.07, 6.45) is 1.10. The van der Waals surface area contributed by atoms with E-state index in [1.807, 2.05) is 0 Å². The summed E-state index contributed by atoms with van der Waals surface area (Å²) in [6.45, 7) is 5.55. The largest absolute Gasteiger partial charge is 0.507 e. The molecule has 0 saturated carbocycles. The van der Waals surface area contributed by atoms with Gasteiger partial charge in [0, 0.05) is 22.9 Å². The van der Waals surface area contributed by atoms with E-state index in [1.54, 1.807) is 0 Å². The van der Waals surface area contributed by atoms with E-state index in [4.69, 9.17) is 9.47 Å². The standard InChI is InChI=1S/C26H23N5O8/c1-9-20(34)18(11(3)32)23-19(21(9)35)26(4)16(39-23)8-14(33)17(24(26)37)10(2)27-13-6-12(25-28-30-31-29-25)7-15(38-5)22(13)36/h6-8,27,34-36H,1-5H3,(H,28,29,30,31)/b17-10+/t26-/m0/s1. The van der Waals surface area contributed by atoms with Gasteiger partial charge in [0.15, 0.2) is 28.8 Å². The SMILES string of the molecule is COc1cc(-c2nn[nH]n2)cc(N/C(C)=C2\C(=O)C=C3Oc4c(C(C)=O)c(O)c(C)c(O)c4[C@@]3(C)C2=O)c1O. The summed E-state index contributed by atoms with van der Waals surface area (Å²) in [7, 11) is 1.35. The second kappa shape index (κ2) is 8.68. The van der Waals surface area contributed by atoms with Gasteiger partial charge in [-0.05, 0) is 45.0 Å². The summed E-state index contributed by atoms with van der Waals surface area (Å²) in [5.41, 5.74) is -1.59. The number of carbonyl (C=O) groups excluding carboxylic acids is 3.